The molecule has 1 amide bonds. The number of nitro groups is 1. The maximum atomic E-state index is 12.4. The van der Waals surface area contributed by atoms with E-state index in [1.54, 1.807) is 0 Å². The molecule has 112 valence electrons. The van der Waals surface area contributed by atoms with E-state index in [0.29, 0.717) is 6.04 Å². The number of nitrogens with two attached hydrogens (primary N) is 1. The first-order chi connectivity index (χ1) is 10.1. The number of nitrogen functional groups attached to an aromatic ring is 1. The molecule has 7 nitrogen and oxygen atoms in total. The van der Waals surface area contributed by atoms with Crippen LogP contribution in [0.1, 0.15) is 29.6 Å². The Balaban J connectivity index is 1.76. The lowest BCUT2D eigenvalue weighted by Gasteiger charge is -2.21. The molecule has 21 heavy (non-hydrogen) atoms. The van der Waals surface area contributed by atoms with Gasteiger partial charge in [0.25, 0.3) is 11.6 Å². The minimum Gasteiger partial charge on any atom is -0.398 e. The van der Waals surface area contributed by atoms with Crippen LogP contribution in [0.4, 0.5) is 11.4 Å². The minimum atomic E-state index is -0.523. The normalized spacial score (nSPS) is 24.8. The maximum Gasteiger partial charge on any atom is 0.270 e. The number of carbonyl (C=O) groups is 1. The second kappa shape index (κ2) is 5.33. The number of amides is 1. The molecular weight excluding hydrogens is 272 g/mol. The summed E-state index contributed by atoms with van der Waals surface area (Å²) in [6.07, 6.45) is 3.18. The SMILES string of the molecule is Nc1ccc([N+](=O)[O-])cc1C(=O)NC1CCN2CCCC12. The fourth-order valence-electron chi connectivity index (χ4n) is 3.35. The number of anilines is 1. The van der Waals surface area contributed by atoms with Crippen molar-refractivity contribution < 1.29 is 9.72 Å². The molecule has 0 saturated carbocycles. The topological polar surface area (TPSA) is 101 Å². The molecule has 2 atom stereocenters. The molecule has 2 aliphatic heterocycles. The van der Waals surface area contributed by atoms with Crippen LogP contribution < -0.4 is 11.1 Å². The molecular formula is C14H18N4O3. The Hall–Kier alpha value is -2.15. The first-order valence-electron chi connectivity index (χ1n) is 7.15. The molecule has 7 heteroatoms. The largest absolute Gasteiger partial charge is 0.398 e. The third-order valence-corrected chi connectivity index (χ3v) is 4.41. The molecule has 2 fully saturated rings. The number of fused-ring (bicyclic) bond motifs is 1. The Kier molecular flexibility index (Phi) is 3.50. The Morgan fingerprint density at radius 3 is 2.95 bits per heavy atom. The predicted octanol–water partition coefficient (Wildman–Crippen LogP) is 1.14. The van der Waals surface area contributed by atoms with Crippen LogP contribution in [0.15, 0.2) is 18.2 Å². The van der Waals surface area contributed by atoms with Crippen molar-refractivity contribution in [3.05, 3.63) is 33.9 Å². The summed E-state index contributed by atoms with van der Waals surface area (Å²) in [5, 5.41) is 13.8. The van der Waals surface area contributed by atoms with E-state index >= 15 is 0 Å². The Morgan fingerprint density at radius 1 is 1.38 bits per heavy atom. The lowest BCUT2D eigenvalue weighted by molar-refractivity contribution is -0.384. The molecule has 2 saturated heterocycles. The van der Waals surface area contributed by atoms with E-state index in [9.17, 15) is 14.9 Å². The monoisotopic (exact) mass is 290 g/mol. The van der Waals surface area contributed by atoms with Gasteiger partial charge in [0.15, 0.2) is 0 Å². The van der Waals surface area contributed by atoms with E-state index in [-0.39, 0.29) is 28.9 Å². The van der Waals surface area contributed by atoms with Gasteiger partial charge in [-0.2, -0.15) is 0 Å². The second-order valence-electron chi connectivity index (χ2n) is 5.64. The number of nitrogens with one attached hydrogen (secondary N) is 1. The van der Waals surface area contributed by atoms with Crippen LogP contribution in [0.5, 0.6) is 0 Å². The molecule has 0 aromatic heterocycles. The third-order valence-electron chi connectivity index (χ3n) is 4.41. The predicted molar refractivity (Wildman–Crippen MR) is 78.0 cm³/mol. The van der Waals surface area contributed by atoms with E-state index in [1.807, 2.05) is 0 Å². The molecule has 3 N–H and O–H groups in total. The van der Waals surface area contributed by atoms with Crippen molar-refractivity contribution in [2.75, 3.05) is 18.8 Å². The van der Waals surface area contributed by atoms with Gasteiger partial charge < -0.3 is 11.1 Å². The van der Waals surface area contributed by atoms with Crippen LogP contribution in [-0.4, -0.2) is 40.9 Å². The van der Waals surface area contributed by atoms with Gasteiger partial charge in [0.1, 0.15) is 0 Å². The minimum absolute atomic E-state index is 0.110. The van der Waals surface area contributed by atoms with Crippen molar-refractivity contribution >= 4 is 17.3 Å². The van der Waals surface area contributed by atoms with E-state index in [2.05, 4.69) is 10.2 Å². The highest BCUT2D eigenvalue weighted by atomic mass is 16.6. The summed E-state index contributed by atoms with van der Waals surface area (Å²) in [4.78, 5) is 25.0. The van der Waals surface area contributed by atoms with Gasteiger partial charge in [-0.15, -0.1) is 0 Å². The summed E-state index contributed by atoms with van der Waals surface area (Å²) in [7, 11) is 0. The quantitative estimate of drug-likeness (QED) is 0.494. The van der Waals surface area contributed by atoms with Crippen molar-refractivity contribution in [2.24, 2.45) is 0 Å². The van der Waals surface area contributed by atoms with Crippen LogP contribution in [-0.2, 0) is 0 Å². The van der Waals surface area contributed by atoms with E-state index in [1.165, 1.54) is 18.2 Å². The zero-order chi connectivity index (χ0) is 15.0. The number of hydrogen-bond donors (Lipinski definition) is 2. The number of hydrogen-bond acceptors (Lipinski definition) is 5. The smallest absolute Gasteiger partial charge is 0.270 e. The summed E-state index contributed by atoms with van der Waals surface area (Å²) < 4.78 is 0. The zero-order valence-electron chi connectivity index (χ0n) is 11.6. The van der Waals surface area contributed by atoms with Gasteiger partial charge in [0.05, 0.1) is 10.5 Å². The molecule has 0 bridgehead atoms. The van der Waals surface area contributed by atoms with Crippen LogP contribution in [0.25, 0.3) is 0 Å². The van der Waals surface area contributed by atoms with Crippen molar-refractivity contribution in [1.82, 2.24) is 10.2 Å². The van der Waals surface area contributed by atoms with E-state index < -0.39 is 4.92 Å². The molecule has 0 radical (unpaired) electrons. The molecule has 0 aliphatic carbocycles. The number of nitro benzene ring substituents is 1. The fourth-order valence-corrected chi connectivity index (χ4v) is 3.35. The average Bonchev–Trinajstić information content (AvgIpc) is 3.04. The van der Waals surface area contributed by atoms with Crippen molar-refractivity contribution in [1.29, 1.82) is 0 Å². The van der Waals surface area contributed by atoms with Crippen LogP contribution in [0.3, 0.4) is 0 Å². The molecule has 2 heterocycles. The standard InChI is InChI=1S/C14H18N4O3/c15-11-4-3-9(18(20)21)8-10(11)14(19)16-12-5-7-17-6-1-2-13(12)17/h3-4,8,12-13H,1-2,5-7,15H2,(H,16,19). The second-order valence-corrected chi connectivity index (χ2v) is 5.64. The van der Waals surface area contributed by atoms with Crippen molar-refractivity contribution in [3.63, 3.8) is 0 Å². The first kappa shape index (κ1) is 13.8. The molecule has 0 spiro atoms. The highest BCUT2D eigenvalue weighted by Crippen LogP contribution is 2.28. The number of benzene rings is 1. The summed E-state index contributed by atoms with van der Waals surface area (Å²) in [5.41, 5.74) is 6.10. The number of non-ortho nitro benzene ring substituents is 1. The maximum absolute atomic E-state index is 12.4. The van der Waals surface area contributed by atoms with Gasteiger partial charge in [-0.1, -0.05) is 0 Å². The molecule has 2 unspecified atom stereocenters. The third kappa shape index (κ3) is 2.56. The van der Waals surface area contributed by atoms with Gasteiger partial charge in [-0.3, -0.25) is 19.8 Å². The highest BCUT2D eigenvalue weighted by Gasteiger charge is 2.38. The summed E-state index contributed by atoms with van der Waals surface area (Å²) in [6.45, 7) is 2.09. The molecule has 2 aliphatic rings. The average molecular weight is 290 g/mol. The molecule has 3 rings (SSSR count). The van der Waals surface area contributed by atoms with Crippen LogP contribution >= 0.6 is 0 Å². The Bertz CT molecular complexity index is 590. The van der Waals surface area contributed by atoms with Crippen LogP contribution in [0.2, 0.25) is 0 Å². The summed E-state index contributed by atoms with van der Waals surface area (Å²) >= 11 is 0. The lowest BCUT2D eigenvalue weighted by atomic mass is 10.1. The Labute approximate surface area is 122 Å². The van der Waals surface area contributed by atoms with Gasteiger partial charge in [-0.05, 0) is 31.9 Å². The zero-order valence-corrected chi connectivity index (χ0v) is 11.6. The van der Waals surface area contributed by atoms with Gasteiger partial charge in [0, 0.05) is 36.4 Å². The van der Waals surface area contributed by atoms with Gasteiger partial charge in [0.2, 0.25) is 0 Å². The summed E-state index contributed by atoms with van der Waals surface area (Å²) in [5.74, 6) is -0.324. The van der Waals surface area contributed by atoms with E-state index in [0.717, 1.165) is 32.4 Å². The Morgan fingerprint density at radius 2 is 2.19 bits per heavy atom. The molecule has 1 aromatic rings. The van der Waals surface area contributed by atoms with Crippen molar-refractivity contribution in [3.8, 4) is 0 Å². The fraction of sp³-hybridized carbons (Fsp3) is 0.500. The highest BCUT2D eigenvalue weighted by molar-refractivity contribution is 6.00. The number of carbonyl (C=O) groups excluding carboxylic acids is 1. The first-order valence-corrected chi connectivity index (χ1v) is 7.15. The number of nitrogens with zero attached hydrogens (tertiary/aromatic N) is 2. The van der Waals surface area contributed by atoms with E-state index in [4.69, 9.17) is 5.73 Å². The van der Waals surface area contributed by atoms with Gasteiger partial charge >= 0.3 is 0 Å². The summed E-state index contributed by atoms with van der Waals surface area (Å²) in [6, 6.07) is 4.46. The lowest BCUT2D eigenvalue weighted by Crippen LogP contribution is -2.42. The number of rotatable bonds is 3. The van der Waals surface area contributed by atoms with Crippen molar-refractivity contribution in [2.45, 2.75) is 31.3 Å². The van der Waals surface area contributed by atoms with Crippen LogP contribution in [0, 0.1) is 10.1 Å². The molecule has 1 aromatic carbocycles. The van der Waals surface area contributed by atoms with Gasteiger partial charge in [-0.25, -0.2) is 0 Å².